The molecule has 0 saturated carbocycles. The minimum Gasteiger partial charge on any atom is -0.495 e. The summed E-state index contributed by atoms with van der Waals surface area (Å²) < 4.78 is 5.17. The van der Waals surface area contributed by atoms with Gasteiger partial charge < -0.3 is 15.0 Å². The molecule has 5 heteroatoms. The van der Waals surface area contributed by atoms with Crippen LogP contribution in [0.1, 0.15) is 21.5 Å². The highest BCUT2D eigenvalue weighted by atomic mass is 35.5. The molecule has 0 saturated heterocycles. The van der Waals surface area contributed by atoms with Gasteiger partial charge in [-0.25, -0.2) is 0 Å². The maximum absolute atomic E-state index is 12.5. The maximum Gasteiger partial charge on any atom is 0.255 e. The number of nitrogens with zero attached hydrogens (tertiary/aromatic N) is 1. The van der Waals surface area contributed by atoms with E-state index in [2.05, 4.69) is 23.3 Å². The summed E-state index contributed by atoms with van der Waals surface area (Å²) in [5, 5.41) is 3.51. The van der Waals surface area contributed by atoms with E-state index in [1.54, 1.807) is 18.2 Å². The fourth-order valence-corrected chi connectivity index (χ4v) is 3.06. The van der Waals surface area contributed by atoms with Crippen molar-refractivity contribution in [2.45, 2.75) is 13.0 Å². The third kappa shape index (κ3) is 3.33. The first kappa shape index (κ1) is 15.8. The van der Waals surface area contributed by atoms with Gasteiger partial charge in [0.05, 0.1) is 12.1 Å². The molecule has 3 rings (SSSR count). The van der Waals surface area contributed by atoms with Crippen molar-refractivity contribution in [2.24, 2.45) is 0 Å². The van der Waals surface area contributed by atoms with Crippen LogP contribution in [0.5, 0.6) is 5.75 Å². The Morgan fingerprint density at radius 1 is 1.30 bits per heavy atom. The highest BCUT2D eigenvalue weighted by molar-refractivity contribution is 6.32. The third-order valence-corrected chi connectivity index (χ3v) is 4.43. The molecule has 0 radical (unpaired) electrons. The zero-order valence-electron chi connectivity index (χ0n) is 13.2. The van der Waals surface area contributed by atoms with Gasteiger partial charge in [-0.1, -0.05) is 23.7 Å². The number of benzene rings is 2. The van der Waals surface area contributed by atoms with Crippen LogP contribution in [0, 0.1) is 0 Å². The number of fused-ring (bicyclic) bond motifs is 1. The molecule has 0 spiro atoms. The molecular weight excluding hydrogens is 312 g/mol. The molecular formula is C18H19ClN2O2. The minimum atomic E-state index is -0.160. The second-order valence-electron chi connectivity index (χ2n) is 5.73. The predicted octanol–water partition coefficient (Wildman–Crippen LogP) is 3.59. The molecule has 1 aliphatic heterocycles. The molecule has 4 nitrogen and oxygen atoms in total. The Hall–Kier alpha value is -2.04. The summed E-state index contributed by atoms with van der Waals surface area (Å²) in [6.45, 7) is 1.91. The van der Waals surface area contributed by atoms with Crippen molar-refractivity contribution in [1.82, 2.24) is 4.90 Å². The molecule has 120 valence electrons. The SMILES string of the molecule is COc1cc(C(=O)Nc2cccc3c2CCN(C)C3)ccc1Cl. The van der Waals surface area contributed by atoms with Crippen LogP contribution in [0.3, 0.4) is 0 Å². The highest BCUT2D eigenvalue weighted by Gasteiger charge is 2.18. The average Bonchev–Trinajstić information content (AvgIpc) is 2.55. The smallest absolute Gasteiger partial charge is 0.255 e. The number of anilines is 1. The summed E-state index contributed by atoms with van der Waals surface area (Å²) in [6.07, 6.45) is 0.937. The second-order valence-corrected chi connectivity index (χ2v) is 6.14. The zero-order valence-corrected chi connectivity index (χ0v) is 14.0. The zero-order chi connectivity index (χ0) is 16.4. The monoisotopic (exact) mass is 330 g/mol. The van der Waals surface area contributed by atoms with Crippen molar-refractivity contribution in [2.75, 3.05) is 26.0 Å². The van der Waals surface area contributed by atoms with Crippen molar-refractivity contribution >= 4 is 23.2 Å². The Balaban J connectivity index is 1.85. The number of hydrogen-bond donors (Lipinski definition) is 1. The van der Waals surface area contributed by atoms with E-state index >= 15 is 0 Å². The second kappa shape index (κ2) is 6.60. The quantitative estimate of drug-likeness (QED) is 0.935. The number of carbonyl (C=O) groups is 1. The van der Waals surface area contributed by atoms with Crippen LogP contribution in [0.2, 0.25) is 5.02 Å². The first-order valence-electron chi connectivity index (χ1n) is 7.52. The molecule has 1 N–H and O–H groups in total. The molecule has 1 aliphatic rings. The van der Waals surface area contributed by atoms with Crippen LogP contribution in [0.4, 0.5) is 5.69 Å². The van der Waals surface area contributed by atoms with E-state index in [0.717, 1.165) is 25.2 Å². The number of halogens is 1. The van der Waals surface area contributed by atoms with Crippen molar-refractivity contribution in [1.29, 1.82) is 0 Å². The normalized spacial score (nSPS) is 14.2. The summed E-state index contributed by atoms with van der Waals surface area (Å²) >= 11 is 6.01. The van der Waals surface area contributed by atoms with Gasteiger partial charge in [-0.3, -0.25) is 4.79 Å². The number of ether oxygens (including phenoxy) is 1. The summed E-state index contributed by atoms with van der Waals surface area (Å²) in [7, 11) is 3.64. The Labute approximate surface area is 141 Å². The van der Waals surface area contributed by atoms with Gasteiger partial charge in [-0.2, -0.15) is 0 Å². The molecule has 1 heterocycles. The fraction of sp³-hybridized carbons (Fsp3) is 0.278. The number of rotatable bonds is 3. The van der Waals surface area contributed by atoms with E-state index in [-0.39, 0.29) is 5.91 Å². The van der Waals surface area contributed by atoms with Gasteiger partial charge in [0.2, 0.25) is 0 Å². The van der Waals surface area contributed by atoms with Gasteiger partial charge in [0, 0.05) is 24.3 Å². The third-order valence-electron chi connectivity index (χ3n) is 4.12. The summed E-state index contributed by atoms with van der Waals surface area (Å²) in [6, 6.07) is 11.1. The number of methoxy groups -OCH3 is 1. The number of amides is 1. The average molecular weight is 331 g/mol. The van der Waals surface area contributed by atoms with Crippen LogP contribution in [-0.4, -0.2) is 31.5 Å². The predicted molar refractivity (Wildman–Crippen MR) is 92.4 cm³/mol. The fourth-order valence-electron chi connectivity index (χ4n) is 2.86. The van der Waals surface area contributed by atoms with Crippen molar-refractivity contribution in [3.8, 4) is 5.75 Å². The summed E-state index contributed by atoms with van der Waals surface area (Å²) in [4.78, 5) is 14.8. The first-order valence-corrected chi connectivity index (χ1v) is 7.90. The molecule has 0 aliphatic carbocycles. The Morgan fingerprint density at radius 2 is 2.13 bits per heavy atom. The van der Waals surface area contributed by atoms with E-state index in [0.29, 0.717) is 16.3 Å². The largest absolute Gasteiger partial charge is 0.495 e. The first-order chi connectivity index (χ1) is 11.1. The van der Waals surface area contributed by atoms with Crippen molar-refractivity contribution < 1.29 is 9.53 Å². The van der Waals surface area contributed by atoms with Crippen molar-refractivity contribution in [3.63, 3.8) is 0 Å². The lowest BCUT2D eigenvalue weighted by molar-refractivity contribution is 0.102. The molecule has 0 unspecified atom stereocenters. The maximum atomic E-state index is 12.5. The van der Waals surface area contributed by atoms with Gasteiger partial charge >= 0.3 is 0 Å². The number of likely N-dealkylation sites (N-methyl/N-ethyl adjacent to an activating group) is 1. The Bertz CT molecular complexity index is 746. The van der Waals surface area contributed by atoms with E-state index < -0.39 is 0 Å². The lowest BCUT2D eigenvalue weighted by Crippen LogP contribution is -2.27. The van der Waals surface area contributed by atoms with Crippen LogP contribution in [-0.2, 0) is 13.0 Å². The van der Waals surface area contributed by atoms with Gasteiger partial charge in [-0.05, 0) is 48.9 Å². The molecule has 0 bridgehead atoms. The van der Waals surface area contributed by atoms with E-state index in [4.69, 9.17) is 16.3 Å². The molecule has 0 fully saturated rings. The molecule has 0 aromatic heterocycles. The van der Waals surface area contributed by atoms with Crippen molar-refractivity contribution in [3.05, 3.63) is 58.1 Å². The van der Waals surface area contributed by atoms with Gasteiger partial charge in [0.25, 0.3) is 5.91 Å². The van der Waals surface area contributed by atoms with Gasteiger partial charge in [0.15, 0.2) is 0 Å². The molecule has 2 aromatic rings. The van der Waals surface area contributed by atoms with Crippen LogP contribution < -0.4 is 10.1 Å². The van der Waals surface area contributed by atoms with Gasteiger partial charge in [-0.15, -0.1) is 0 Å². The lowest BCUT2D eigenvalue weighted by Gasteiger charge is -2.26. The number of hydrogen-bond acceptors (Lipinski definition) is 3. The number of nitrogens with one attached hydrogen (secondary N) is 1. The molecule has 23 heavy (non-hydrogen) atoms. The molecule has 0 atom stereocenters. The Kier molecular flexibility index (Phi) is 4.55. The van der Waals surface area contributed by atoms with Crippen LogP contribution in [0.15, 0.2) is 36.4 Å². The lowest BCUT2D eigenvalue weighted by atomic mass is 9.98. The van der Waals surface area contributed by atoms with E-state index in [9.17, 15) is 4.79 Å². The summed E-state index contributed by atoms with van der Waals surface area (Å²) in [5.41, 5.74) is 3.90. The Morgan fingerprint density at radius 3 is 2.91 bits per heavy atom. The highest BCUT2D eigenvalue weighted by Crippen LogP contribution is 2.28. The number of carbonyl (C=O) groups excluding carboxylic acids is 1. The molecule has 1 amide bonds. The van der Waals surface area contributed by atoms with Crippen LogP contribution in [0.25, 0.3) is 0 Å². The minimum absolute atomic E-state index is 0.160. The van der Waals surface area contributed by atoms with Crippen LogP contribution >= 0.6 is 11.6 Å². The summed E-state index contributed by atoms with van der Waals surface area (Å²) in [5.74, 6) is 0.336. The van der Waals surface area contributed by atoms with E-state index in [1.807, 2.05) is 12.1 Å². The van der Waals surface area contributed by atoms with E-state index in [1.165, 1.54) is 18.2 Å². The molecule has 2 aromatic carbocycles. The van der Waals surface area contributed by atoms with Gasteiger partial charge in [0.1, 0.15) is 5.75 Å². The topological polar surface area (TPSA) is 41.6 Å². The standard InChI is InChI=1S/C18H19ClN2O2/c1-21-9-8-14-13(11-21)4-3-5-16(14)20-18(22)12-6-7-15(19)17(10-12)23-2/h3-7,10H,8-9,11H2,1-2H3,(H,20,22).